The van der Waals surface area contributed by atoms with Crippen LogP contribution in [0, 0.1) is 6.92 Å². The van der Waals surface area contributed by atoms with Crippen LogP contribution < -0.4 is 0 Å². The van der Waals surface area contributed by atoms with Gasteiger partial charge in [0.15, 0.2) is 0 Å². The minimum Gasteiger partial charge on any atom is -0.304 e. The minimum atomic E-state index is -3.67. The van der Waals surface area contributed by atoms with Gasteiger partial charge in [-0.05, 0) is 46.0 Å². The van der Waals surface area contributed by atoms with Crippen molar-refractivity contribution in [3.05, 3.63) is 29.8 Å². The van der Waals surface area contributed by atoms with Crippen molar-refractivity contribution in [1.29, 1.82) is 0 Å². The number of nitrogens with zero attached hydrogens (tertiary/aromatic N) is 1. The van der Waals surface area contributed by atoms with Crippen molar-refractivity contribution < 1.29 is 12.6 Å². The van der Waals surface area contributed by atoms with Gasteiger partial charge >= 0.3 is 0 Å². The van der Waals surface area contributed by atoms with E-state index in [0.29, 0.717) is 0 Å². The van der Waals surface area contributed by atoms with Crippen LogP contribution in [0.25, 0.3) is 0 Å². The van der Waals surface area contributed by atoms with Gasteiger partial charge in [-0.2, -0.15) is 8.42 Å². The summed E-state index contributed by atoms with van der Waals surface area (Å²) >= 11 is 0. The zero-order valence-corrected chi connectivity index (χ0v) is 13.2. The highest BCUT2D eigenvalue weighted by Gasteiger charge is 2.32. The molecule has 1 aromatic carbocycles. The maximum Gasteiger partial charge on any atom is 0.297 e. The molecule has 0 aromatic heterocycles. The fourth-order valence-corrected chi connectivity index (χ4v) is 3.83. The van der Waals surface area contributed by atoms with Gasteiger partial charge in [-0.1, -0.05) is 30.5 Å². The molecular weight excluding hydrogens is 274 g/mol. The van der Waals surface area contributed by atoms with Gasteiger partial charge in [-0.25, -0.2) is 0 Å². The lowest BCUT2D eigenvalue weighted by molar-refractivity contribution is 0.0672. The second kappa shape index (κ2) is 6.24. The molecule has 1 fully saturated rings. The summed E-state index contributed by atoms with van der Waals surface area (Å²) in [6.07, 6.45) is 3.70. The number of benzene rings is 1. The molecule has 1 aliphatic carbocycles. The van der Waals surface area contributed by atoms with E-state index >= 15 is 0 Å². The van der Waals surface area contributed by atoms with Crippen LogP contribution in [0.2, 0.25) is 0 Å². The summed E-state index contributed by atoms with van der Waals surface area (Å²) in [7, 11) is 0.284. The average molecular weight is 297 g/mol. The minimum absolute atomic E-state index is 0.170. The maximum absolute atomic E-state index is 12.3. The zero-order valence-electron chi connectivity index (χ0n) is 12.4. The molecule has 0 N–H and O–H groups in total. The highest BCUT2D eigenvalue weighted by Crippen LogP contribution is 2.27. The second-order valence-corrected chi connectivity index (χ2v) is 7.29. The second-order valence-electron chi connectivity index (χ2n) is 5.72. The van der Waals surface area contributed by atoms with Crippen molar-refractivity contribution >= 4 is 10.1 Å². The molecule has 1 aromatic rings. The van der Waals surface area contributed by atoms with Crippen LogP contribution in [0.15, 0.2) is 29.2 Å². The highest BCUT2D eigenvalue weighted by molar-refractivity contribution is 7.86. The number of likely N-dealkylation sites (N-methyl/N-ethyl adjacent to an activating group) is 1. The number of hydrogen-bond donors (Lipinski definition) is 0. The Morgan fingerprint density at radius 2 is 1.70 bits per heavy atom. The molecule has 1 saturated carbocycles. The molecule has 0 bridgehead atoms. The molecule has 0 spiro atoms. The van der Waals surface area contributed by atoms with Gasteiger partial charge < -0.3 is 4.90 Å². The fraction of sp³-hybridized carbons (Fsp3) is 0.600. The quantitative estimate of drug-likeness (QED) is 0.801. The van der Waals surface area contributed by atoms with E-state index in [9.17, 15) is 8.42 Å². The molecule has 112 valence electrons. The van der Waals surface area contributed by atoms with Gasteiger partial charge in [0.25, 0.3) is 10.1 Å². The Kier molecular flexibility index (Phi) is 4.83. The van der Waals surface area contributed by atoms with Crippen molar-refractivity contribution in [2.45, 2.75) is 49.6 Å². The standard InChI is InChI=1S/C15H23NO3S/c1-12-8-10-13(11-9-12)20(17,18)19-15-7-5-4-6-14(15)16(2)3/h8-11,14-15H,4-7H2,1-3H3/t14-,15+/m1/s1. The monoisotopic (exact) mass is 297 g/mol. The van der Waals surface area contributed by atoms with Gasteiger partial charge in [0, 0.05) is 6.04 Å². The molecule has 20 heavy (non-hydrogen) atoms. The smallest absolute Gasteiger partial charge is 0.297 e. The molecule has 2 rings (SSSR count). The van der Waals surface area contributed by atoms with Crippen molar-refractivity contribution in [3.63, 3.8) is 0 Å². The van der Waals surface area contributed by atoms with Gasteiger partial charge in [-0.3, -0.25) is 4.18 Å². The third-order valence-corrected chi connectivity index (χ3v) is 5.24. The SMILES string of the molecule is Cc1ccc(S(=O)(=O)O[C@H]2CCCC[C@H]2N(C)C)cc1. The molecule has 0 radical (unpaired) electrons. The van der Waals surface area contributed by atoms with Gasteiger partial charge in [-0.15, -0.1) is 0 Å². The largest absolute Gasteiger partial charge is 0.304 e. The first kappa shape index (κ1) is 15.5. The Hall–Kier alpha value is -0.910. The highest BCUT2D eigenvalue weighted by atomic mass is 32.2. The maximum atomic E-state index is 12.3. The first-order valence-electron chi connectivity index (χ1n) is 7.06. The Morgan fingerprint density at radius 3 is 2.30 bits per heavy atom. The van der Waals surface area contributed by atoms with E-state index in [-0.39, 0.29) is 17.0 Å². The molecule has 0 aliphatic heterocycles. The summed E-state index contributed by atoms with van der Waals surface area (Å²) < 4.78 is 30.2. The molecular formula is C15H23NO3S. The predicted molar refractivity (Wildman–Crippen MR) is 79.2 cm³/mol. The normalized spacial score (nSPS) is 24.0. The molecule has 1 aliphatic rings. The zero-order chi connectivity index (χ0) is 14.8. The lowest BCUT2D eigenvalue weighted by Gasteiger charge is -2.35. The average Bonchev–Trinajstić information content (AvgIpc) is 2.39. The van der Waals surface area contributed by atoms with Crippen LogP contribution in [0.4, 0.5) is 0 Å². The number of rotatable bonds is 4. The van der Waals surface area contributed by atoms with Crippen molar-refractivity contribution in [2.24, 2.45) is 0 Å². The summed E-state index contributed by atoms with van der Waals surface area (Å²) in [5, 5.41) is 0. The summed E-state index contributed by atoms with van der Waals surface area (Å²) in [6, 6.07) is 6.97. The van der Waals surface area contributed by atoms with Crippen molar-refractivity contribution in [2.75, 3.05) is 14.1 Å². The van der Waals surface area contributed by atoms with E-state index < -0.39 is 10.1 Å². The van der Waals surface area contributed by atoms with Crippen LogP contribution in [-0.2, 0) is 14.3 Å². The topological polar surface area (TPSA) is 46.6 Å². The van der Waals surface area contributed by atoms with E-state index in [2.05, 4.69) is 4.90 Å². The third kappa shape index (κ3) is 3.59. The first-order valence-corrected chi connectivity index (χ1v) is 8.47. The van der Waals surface area contributed by atoms with Crippen molar-refractivity contribution in [3.8, 4) is 0 Å². The van der Waals surface area contributed by atoms with E-state index in [4.69, 9.17) is 4.18 Å². The molecule has 0 saturated heterocycles. The molecule has 0 unspecified atom stereocenters. The molecule has 4 nitrogen and oxygen atoms in total. The molecule has 0 amide bonds. The van der Waals surface area contributed by atoms with Gasteiger partial charge in [0.1, 0.15) is 0 Å². The summed E-state index contributed by atoms with van der Waals surface area (Å²) in [5.74, 6) is 0. The molecule has 0 heterocycles. The van der Waals surface area contributed by atoms with Gasteiger partial charge in [0.2, 0.25) is 0 Å². The van der Waals surface area contributed by atoms with Crippen LogP contribution in [0.5, 0.6) is 0 Å². The van der Waals surface area contributed by atoms with E-state index in [0.717, 1.165) is 31.2 Å². The van der Waals surface area contributed by atoms with E-state index in [1.54, 1.807) is 24.3 Å². The Balaban J connectivity index is 2.16. The van der Waals surface area contributed by atoms with Crippen molar-refractivity contribution in [1.82, 2.24) is 4.90 Å². The lowest BCUT2D eigenvalue weighted by Crippen LogP contribution is -2.43. The first-order chi connectivity index (χ1) is 9.40. The number of aryl methyl sites for hydroxylation is 1. The summed E-state index contributed by atoms with van der Waals surface area (Å²) in [6.45, 7) is 1.93. The Morgan fingerprint density at radius 1 is 1.10 bits per heavy atom. The summed E-state index contributed by atoms with van der Waals surface area (Å²) in [4.78, 5) is 2.31. The van der Waals surface area contributed by atoms with Crippen LogP contribution in [-0.4, -0.2) is 39.6 Å². The third-order valence-electron chi connectivity index (χ3n) is 3.89. The predicted octanol–water partition coefficient (Wildman–Crippen LogP) is 2.57. The molecule has 5 heteroatoms. The van der Waals surface area contributed by atoms with E-state index in [1.165, 1.54) is 0 Å². The fourth-order valence-electron chi connectivity index (χ4n) is 2.70. The van der Waals surface area contributed by atoms with Crippen LogP contribution in [0.3, 0.4) is 0 Å². The van der Waals surface area contributed by atoms with Crippen LogP contribution >= 0.6 is 0 Å². The summed E-state index contributed by atoms with van der Waals surface area (Å²) in [5.41, 5.74) is 1.03. The lowest BCUT2D eigenvalue weighted by atomic mass is 9.92. The molecule has 2 atom stereocenters. The Labute approximate surface area is 121 Å². The van der Waals surface area contributed by atoms with Crippen LogP contribution in [0.1, 0.15) is 31.2 Å². The van der Waals surface area contributed by atoms with E-state index in [1.807, 2.05) is 21.0 Å². The number of hydrogen-bond acceptors (Lipinski definition) is 4. The Bertz CT molecular complexity index is 537. The van der Waals surface area contributed by atoms with Gasteiger partial charge in [0.05, 0.1) is 11.0 Å².